The van der Waals surface area contributed by atoms with Gasteiger partial charge in [0.2, 0.25) is 5.91 Å². The number of ether oxygens (including phenoxy) is 2. The van der Waals surface area contributed by atoms with E-state index in [1.165, 1.54) is 0 Å². The van der Waals surface area contributed by atoms with Crippen LogP contribution in [0.5, 0.6) is 11.5 Å². The maximum atomic E-state index is 12.6. The van der Waals surface area contributed by atoms with Gasteiger partial charge in [-0.25, -0.2) is 0 Å². The first kappa shape index (κ1) is 16.2. The van der Waals surface area contributed by atoms with Gasteiger partial charge < -0.3 is 14.8 Å². The first-order chi connectivity index (χ1) is 12.8. The third-order valence-corrected chi connectivity index (χ3v) is 4.26. The summed E-state index contributed by atoms with van der Waals surface area (Å²) in [7, 11) is 0. The van der Waals surface area contributed by atoms with Crippen LogP contribution in [0.3, 0.4) is 0 Å². The van der Waals surface area contributed by atoms with E-state index in [1.54, 1.807) is 0 Å². The minimum atomic E-state index is -0.0648. The third-order valence-electron chi connectivity index (χ3n) is 4.26. The lowest BCUT2D eigenvalue weighted by molar-refractivity contribution is -0.115. The van der Waals surface area contributed by atoms with E-state index in [9.17, 15) is 4.79 Å². The Kier molecular flexibility index (Phi) is 4.56. The summed E-state index contributed by atoms with van der Waals surface area (Å²) in [6, 6.07) is 23.5. The summed E-state index contributed by atoms with van der Waals surface area (Å²) in [4.78, 5) is 12.6. The number of amides is 1. The Hall–Kier alpha value is -3.27. The average Bonchev–Trinajstić information content (AvgIpc) is 2.69. The van der Waals surface area contributed by atoms with Crippen LogP contribution in [0.15, 0.2) is 72.8 Å². The monoisotopic (exact) mass is 345 g/mol. The maximum absolute atomic E-state index is 12.6. The fourth-order valence-electron chi connectivity index (χ4n) is 3.04. The second-order valence-electron chi connectivity index (χ2n) is 6.11. The molecular formula is C22H19NO3. The molecule has 0 aliphatic carbocycles. The van der Waals surface area contributed by atoms with Crippen molar-refractivity contribution in [3.05, 3.63) is 78.4 Å². The first-order valence-corrected chi connectivity index (χ1v) is 8.62. The number of carbonyl (C=O) groups is 1. The van der Waals surface area contributed by atoms with Crippen LogP contribution in [0.1, 0.15) is 5.56 Å². The van der Waals surface area contributed by atoms with E-state index in [4.69, 9.17) is 9.47 Å². The van der Waals surface area contributed by atoms with Gasteiger partial charge in [0.1, 0.15) is 13.2 Å². The quantitative estimate of drug-likeness (QED) is 0.767. The molecule has 0 unspecified atom stereocenters. The van der Waals surface area contributed by atoms with Crippen LogP contribution in [0.2, 0.25) is 0 Å². The second-order valence-corrected chi connectivity index (χ2v) is 6.11. The molecule has 1 N–H and O–H groups in total. The number of para-hydroxylation sites is 1. The normalized spacial score (nSPS) is 12.5. The number of fused-ring (bicyclic) bond motifs is 1. The first-order valence-electron chi connectivity index (χ1n) is 8.62. The molecule has 0 saturated heterocycles. The predicted octanol–water partition coefficient (Wildman–Crippen LogP) is 4.31. The topological polar surface area (TPSA) is 47.6 Å². The lowest BCUT2D eigenvalue weighted by atomic mass is 10.0. The summed E-state index contributed by atoms with van der Waals surface area (Å²) in [6.45, 7) is 1.09. The van der Waals surface area contributed by atoms with E-state index >= 15 is 0 Å². The Balaban J connectivity index is 1.51. The molecule has 4 rings (SSSR count). The smallest absolute Gasteiger partial charge is 0.228 e. The lowest BCUT2D eigenvalue weighted by Gasteiger charge is -2.19. The molecule has 1 aliphatic rings. The Bertz CT molecular complexity index is 922. The molecule has 0 atom stereocenters. The molecule has 0 saturated carbocycles. The fourth-order valence-corrected chi connectivity index (χ4v) is 3.04. The van der Waals surface area contributed by atoms with Gasteiger partial charge >= 0.3 is 0 Å². The van der Waals surface area contributed by atoms with Crippen molar-refractivity contribution in [2.24, 2.45) is 0 Å². The van der Waals surface area contributed by atoms with E-state index in [2.05, 4.69) is 5.32 Å². The third kappa shape index (κ3) is 3.54. The van der Waals surface area contributed by atoms with Crippen LogP contribution in [-0.2, 0) is 11.2 Å². The van der Waals surface area contributed by atoms with Crippen LogP contribution in [0.4, 0.5) is 5.69 Å². The number of carbonyl (C=O) groups excluding carboxylic acids is 1. The largest absolute Gasteiger partial charge is 0.486 e. The zero-order chi connectivity index (χ0) is 17.8. The molecule has 0 aromatic heterocycles. The molecule has 0 fully saturated rings. The standard InChI is InChI=1S/C22H19NO3/c24-22(15-16-10-11-20-21(14-16)26-13-12-25-20)23-19-9-5-4-8-18(19)17-6-2-1-3-7-17/h1-11,14H,12-13,15H2,(H,23,24). The minimum Gasteiger partial charge on any atom is -0.486 e. The van der Waals surface area contributed by atoms with Crippen molar-refractivity contribution in [3.63, 3.8) is 0 Å². The number of nitrogens with one attached hydrogen (secondary N) is 1. The summed E-state index contributed by atoms with van der Waals surface area (Å²) < 4.78 is 11.1. The van der Waals surface area contributed by atoms with E-state index < -0.39 is 0 Å². The lowest BCUT2D eigenvalue weighted by Crippen LogP contribution is -2.17. The second kappa shape index (κ2) is 7.31. The molecule has 0 radical (unpaired) electrons. The highest BCUT2D eigenvalue weighted by Gasteiger charge is 2.14. The SMILES string of the molecule is O=C(Cc1ccc2c(c1)OCCO2)Nc1ccccc1-c1ccccc1. The molecular weight excluding hydrogens is 326 g/mol. The molecule has 26 heavy (non-hydrogen) atoms. The number of rotatable bonds is 4. The van der Waals surface area contributed by atoms with Gasteiger partial charge in [0.05, 0.1) is 6.42 Å². The van der Waals surface area contributed by atoms with Crippen LogP contribution in [0, 0.1) is 0 Å². The van der Waals surface area contributed by atoms with E-state index in [0.29, 0.717) is 19.0 Å². The molecule has 1 heterocycles. The van der Waals surface area contributed by atoms with Crippen molar-refractivity contribution in [2.45, 2.75) is 6.42 Å². The van der Waals surface area contributed by atoms with Crippen LogP contribution in [-0.4, -0.2) is 19.1 Å². The van der Waals surface area contributed by atoms with Gasteiger partial charge in [-0.15, -0.1) is 0 Å². The average molecular weight is 345 g/mol. The van der Waals surface area contributed by atoms with Gasteiger partial charge in [-0.05, 0) is 29.3 Å². The molecule has 4 nitrogen and oxygen atoms in total. The molecule has 0 spiro atoms. The van der Waals surface area contributed by atoms with Crippen molar-refractivity contribution in [2.75, 3.05) is 18.5 Å². The number of hydrogen-bond donors (Lipinski definition) is 1. The number of hydrogen-bond acceptors (Lipinski definition) is 3. The molecule has 3 aromatic rings. The van der Waals surface area contributed by atoms with Crippen molar-refractivity contribution >= 4 is 11.6 Å². The van der Waals surface area contributed by atoms with Crippen LogP contribution < -0.4 is 14.8 Å². The Labute approximate surface area is 152 Å². The van der Waals surface area contributed by atoms with Crippen LogP contribution in [0.25, 0.3) is 11.1 Å². The highest BCUT2D eigenvalue weighted by molar-refractivity contribution is 5.96. The predicted molar refractivity (Wildman–Crippen MR) is 102 cm³/mol. The highest BCUT2D eigenvalue weighted by Crippen LogP contribution is 2.31. The Morgan fingerprint density at radius 1 is 0.846 bits per heavy atom. The Morgan fingerprint density at radius 2 is 1.58 bits per heavy atom. The van der Waals surface area contributed by atoms with Gasteiger partial charge in [-0.1, -0.05) is 54.6 Å². The Morgan fingerprint density at radius 3 is 2.42 bits per heavy atom. The fraction of sp³-hybridized carbons (Fsp3) is 0.136. The highest BCUT2D eigenvalue weighted by atomic mass is 16.6. The molecule has 1 amide bonds. The summed E-state index contributed by atoms with van der Waals surface area (Å²) in [6.07, 6.45) is 0.278. The van der Waals surface area contributed by atoms with Crippen molar-refractivity contribution < 1.29 is 14.3 Å². The van der Waals surface area contributed by atoms with E-state index in [0.717, 1.165) is 28.1 Å². The van der Waals surface area contributed by atoms with Crippen molar-refractivity contribution in [3.8, 4) is 22.6 Å². The number of anilines is 1. The molecule has 3 aromatic carbocycles. The van der Waals surface area contributed by atoms with Gasteiger partial charge in [-0.2, -0.15) is 0 Å². The maximum Gasteiger partial charge on any atom is 0.228 e. The van der Waals surface area contributed by atoms with Gasteiger partial charge in [-0.3, -0.25) is 4.79 Å². The number of benzene rings is 3. The zero-order valence-electron chi connectivity index (χ0n) is 14.3. The molecule has 130 valence electrons. The van der Waals surface area contributed by atoms with E-state index in [1.807, 2.05) is 72.8 Å². The summed E-state index contributed by atoms with van der Waals surface area (Å²) in [5.74, 6) is 1.37. The molecule has 0 bridgehead atoms. The van der Waals surface area contributed by atoms with Crippen LogP contribution >= 0.6 is 0 Å². The van der Waals surface area contributed by atoms with E-state index in [-0.39, 0.29) is 12.3 Å². The molecule has 1 aliphatic heterocycles. The van der Waals surface area contributed by atoms with Gasteiger partial charge in [0.15, 0.2) is 11.5 Å². The molecule has 4 heteroatoms. The summed E-state index contributed by atoms with van der Waals surface area (Å²) >= 11 is 0. The zero-order valence-corrected chi connectivity index (χ0v) is 14.3. The summed E-state index contributed by atoms with van der Waals surface area (Å²) in [5, 5.41) is 3.03. The summed E-state index contributed by atoms with van der Waals surface area (Å²) in [5.41, 5.74) is 3.77. The minimum absolute atomic E-state index is 0.0648. The van der Waals surface area contributed by atoms with Gasteiger partial charge in [0.25, 0.3) is 0 Å². The van der Waals surface area contributed by atoms with Crippen molar-refractivity contribution in [1.82, 2.24) is 0 Å². The van der Waals surface area contributed by atoms with Crippen molar-refractivity contribution in [1.29, 1.82) is 0 Å². The van der Waals surface area contributed by atoms with Gasteiger partial charge in [0, 0.05) is 11.3 Å².